The number of hydrogen-bond acceptors (Lipinski definition) is 2. The lowest BCUT2D eigenvalue weighted by Gasteiger charge is -2.20. The van der Waals surface area contributed by atoms with Gasteiger partial charge in [-0.2, -0.15) is 0 Å². The molecule has 100 valence electrons. The first-order valence-electron chi connectivity index (χ1n) is 5.87. The van der Waals surface area contributed by atoms with Crippen LogP contribution in [0.15, 0.2) is 18.2 Å². The fraction of sp³-hybridized carbons (Fsp3) is 0.462. The molecule has 1 aromatic carbocycles. The smallest absolute Gasteiger partial charge is 0.239 e. The van der Waals surface area contributed by atoms with Crippen LogP contribution in [0, 0.1) is 0 Å². The second-order valence-corrected chi connectivity index (χ2v) is 5.11. The van der Waals surface area contributed by atoms with Crippen molar-refractivity contribution in [1.82, 2.24) is 10.2 Å². The van der Waals surface area contributed by atoms with Crippen molar-refractivity contribution in [1.29, 1.82) is 0 Å². The first kappa shape index (κ1) is 15.3. The van der Waals surface area contributed by atoms with E-state index in [4.69, 9.17) is 23.2 Å². The Morgan fingerprint density at radius 1 is 1.33 bits per heavy atom. The summed E-state index contributed by atoms with van der Waals surface area (Å²) in [7, 11) is 1.79. The van der Waals surface area contributed by atoms with Crippen LogP contribution in [-0.4, -0.2) is 30.4 Å². The van der Waals surface area contributed by atoms with Gasteiger partial charge in [-0.05, 0) is 37.6 Å². The number of halogens is 2. The van der Waals surface area contributed by atoms with Gasteiger partial charge in [-0.25, -0.2) is 0 Å². The number of nitrogens with one attached hydrogen (secondary N) is 1. The Morgan fingerprint density at radius 2 is 1.89 bits per heavy atom. The number of carbonyl (C=O) groups is 1. The van der Waals surface area contributed by atoms with Crippen LogP contribution in [0.25, 0.3) is 0 Å². The molecule has 0 spiro atoms. The molecule has 1 N–H and O–H groups in total. The molecule has 1 aromatic rings. The molecule has 0 saturated carbocycles. The molecule has 0 bridgehead atoms. The van der Waals surface area contributed by atoms with Crippen LogP contribution in [-0.2, 0) is 11.3 Å². The molecule has 0 aliphatic rings. The minimum Gasteiger partial charge on any atom is -0.345 e. The van der Waals surface area contributed by atoms with Crippen molar-refractivity contribution in [3.8, 4) is 0 Å². The minimum atomic E-state index is -0.229. The van der Waals surface area contributed by atoms with Gasteiger partial charge in [0.15, 0.2) is 0 Å². The van der Waals surface area contributed by atoms with Crippen LogP contribution in [0.5, 0.6) is 0 Å². The molecule has 0 fully saturated rings. The molecule has 0 saturated heterocycles. The Balaban J connectivity index is 2.57. The summed E-state index contributed by atoms with van der Waals surface area (Å²) in [5, 5.41) is 4.36. The van der Waals surface area contributed by atoms with E-state index >= 15 is 0 Å². The second kappa shape index (κ2) is 6.98. The van der Waals surface area contributed by atoms with Gasteiger partial charge in [0.25, 0.3) is 0 Å². The van der Waals surface area contributed by atoms with E-state index in [1.165, 1.54) is 0 Å². The van der Waals surface area contributed by atoms with E-state index in [1.54, 1.807) is 18.0 Å². The van der Waals surface area contributed by atoms with Gasteiger partial charge in [0.2, 0.25) is 5.91 Å². The maximum absolute atomic E-state index is 11.8. The molecule has 1 rings (SSSR count). The number of hydrogen-bond donors (Lipinski definition) is 1. The summed E-state index contributed by atoms with van der Waals surface area (Å²) in [6.45, 7) is 5.06. The largest absolute Gasteiger partial charge is 0.345 e. The number of rotatable bonds is 5. The van der Waals surface area contributed by atoms with E-state index in [1.807, 2.05) is 26.0 Å². The Labute approximate surface area is 118 Å². The molecule has 18 heavy (non-hydrogen) atoms. The summed E-state index contributed by atoms with van der Waals surface area (Å²) in [4.78, 5) is 13.5. The van der Waals surface area contributed by atoms with E-state index in [0.29, 0.717) is 23.1 Å². The van der Waals surface area contributed by atoms with Crippen molar-refractivity contribution in [2.75, 3.05) is 13.6 Å². The van der Waals surface area contributed by atoms with Crippen LogP contribution >= 0.6 is 23.2 Å². The van der Waals surface area contributed by atoms with Crippen molar-refractivity contribution < 1.29 is 4.79 Å². The highest BCUT2D eigenvalue weighted by molar-refractivity contribution is 6.34. The van der Waals surface area contributed by atoms with Crippen LogP contribution in [0.4, 0.5) is 0 Å². The molecule has 5 heteroatoms. The minimum absolute atomic E-state index is 0.0747. The normalized spacial score (nSPS) is 12.3. The van der Waals surface area contributed by atoms with Gasteiger partial charge in [-0.3, -0.25) is 4.79 Å². The molecule has 0 aliphatic carbocycles. The van der Waals surface area contributed by atoms with Crippen LogP contribution in [0.3, 0.4) is 0 Å². The van der Waals surface area contributed by atoms with Gasteiger partial charge in [-0.15, -0.1) is 0 Å². The molecule has 1 atom stereocenters. The summed E-state index contributed by atoms with van der Waals surface area (Å²) in [6, 6.07) is 5.13. The van der Waals surface area contributed by atoms with Crippen molar-refractivity contribution in [3.05, 3.63) is 33.8 Å². The summed E-state index contributed by atoms with van der Waals surface area (Å²) in [5.41, 5.74) is 0.964. The van der Waals surface area contributed by atoms with Crippen LogP contribution in [0.1, 0.15) is 19.4 Å². The predicted molar refractivity (Wildman–Crippen MR) is 76.1 cm³/mol. The molecule has 1 amide bonds. The zero-order chi connectivity index (χ0) is 13.7. The standard InChI is InChI=1S/C13H18Cl2N2O/c1-4-17(3)13(18)9(2)16-8-10-5-11(14)7-12(15)6-10/h5-7,9,16H,4,8H2,1-3H3. The third-order valence-electron chi connectivity index (χ3n) is 2.76. The monoisotopic (exact) mass is 288 g/mol. The Kier molecular flexibility index (Phi) is 5.93. The molecular formula is C13H18Cl2N2O. The van der Waals surface area contributed by atoms with E-state index in [-0.39, 0.29) is 11.9 Å². The highest BCUT2D eigenvalue weighted by atomic mass is 35.5. The molecule has 0 aromatic heterocycles. The zero-order valence-electron chi connectivity index (χ0n) is 10.8. The maximum atomic E-state index is 11.8. The summed E-state index contributed by atoms with van der Waals surface area (Å²) in [5.74, 6) is 0.0747. The number of nitrogens with zero attached hydrogens (tertiary/aromatic N) is 1. The van der Waals surface area contributed by atoms with Crippen molar-refractivity contribution in [2.45, 2.75) is 26.4 Å². The van der Waals surface area contributed by atoms with Gasteiger partial charge >= 0.3 is 0 Å². The summed E-state index contributed by atoms with van der Waals surface area (Å²) < 4.78 is 0. The van der Waals surface area contributed by atoms with Crippen LogP contribution in [0.2, 0.25) is 10.0 Å². The quantitative estimate of drug-likeness (QED) is 0.904. The highest BCUT2D eigenvalue weighted by Crippen LogP contribution is 2.18. The Hall–Kier alpha value is -0.770. The Bertz CT molecular complexity index is 403. The van der Waals surface area contributed by atoms with E-state index < -0.39 is 0 Å². The molecule has 3 nitrogen and oxygen atoms in total. The van der Waals surface area contributed by atoms with Gasteiger partial charge in [0, 0.05) is 30.2 Å². The van der Waals surface area contributed by atoms with Crippen molar-refractivity contribution >= 4 is 29.1 Å². The lowest BCUT2D eigenvalue weighted by Crippen LogP contribution is -2.42. The molecule has 0 aliphatic heterocycles. The van der Waals surface area contributed by atoms with Gasteiger partial charge in [0.05, 0.1) is 6.04 Å². The number of carbonyl (C=O) groups excluding carboxylic acids is 1. The summed E-state index contributed by atoms with van der Waals surface area (Å²) >= 11 is 11.8. The van der Waals surface area contributed by atoms with Gasteiger partial charge in [0.1, 0.15) is 0 Å². The number of likely N-dealkylation sites (N-methyl/N-ethyl adjacent to an activating group) is 1. The lowest BCUT2D eigenvalue weighted by atomic mass is 10.2. The number of benzene rings is 1. The van der Waals surface area contributed by atoms with Crippen molar-refractivity contribution in [2.24, 2.45) is 0 Å². The number of amides is 1. The van der Waals surface area contributed by atoms with Crippen molar-refractivity contribution in [3.63, 3.8) is 0 Å². The van der Waals surface area contributed by atoms with E-state index in [2.05, 4.69) is 5.32 Å². The van der Waals surface area contributed by atoms with E-state index in [9.17, 15) is 4.79 Å². The average Bonchev–Trinajstić information content (AvgIpc) is 2.32. The molecular weight excluding hydrogens is 271 g/mol. The Morgan fingerprint density at radius 3 is 2.39 bits per heavy atom. The van der Waals surface area contributed by atoms with Gasteiger partial charge in [-0.1, -0.05) is 23.2 Å². The highest BCUT2D eigenvalue weighted by Gasteiger charge is 2.15. The predicted octanol–water partition coefficient (Wildman–Crippen LogP) is 2.95. The lowest BCUT2D eigenvalue weighted by molar-refractivity contribution is -0.131. The molecule has 1 unspecified atom stereocenters. The SMILES string of the molecule is CCN(C)C(=O)C(C)NCc1cc(Cl)cc(Cl)c1. The topological polar surface area (TPSA) is 32.3 Å². The first-order chi connectivity index (χ1) is 8.43. The molecule has 0 heterocycles. The second-order valence-electron chi connectivity index (χ2n) is 4.23. The fourth-order valence-electron chi connectivity index (χ4n) is 1.56. The van der Waals surface area contributed by atoms with E-state index in [0.717, 1.165) is 5.56 Å². The first-order valence-corrected chi connectivity index (χ1v) is 6.63. The van der Waals surface area contributed by atoms with Gasteiger partial charge < -0.3 is 10.2 Å². The summed E-state index contributed by atoms with van der Waals surface area (Å²) in [6.07, 6.45) is 0. The average molecular weight is 289 g/mol. The maximum Gasteiger partial charge on any atom is 0.239 e. The zero-order valence-corrected chi connectivity index (χ0v) is 12.3. The molecule has 0 radical (unpaired) electrons. The van der Waals surface area contributed by atoms with Crippen LogP contribution < -0.4 is 5.32 Å². The fourth-order valence-corrected chi connectivity index (χ4v) is 2.13. The third-order valence-corrected chi connectivity index (χ3v) is 3.19. The third kappa shape index (κ3) is 4.48.